The number of halogens is 1. The number of benzene rings is 1. The van der Waals surface area contributed by atoms with Crippen molar-refractivity contribution in [3.8, 4) is 11.5 Å². The van der Waals surface area contributed by atoms with Gasteiger partial charge in [0, 0.05) is 24.1 Å². The van der Waals surface area contributed by atoms with Crippen LogP contribution in [-0.2, 0) is 0 Å². The number of ether oxygens (including phenoxy) is 2. The van der Waals surface area contributed by atoms with Gasteiger partial charge in [-0.05, 0) is 28.7 Å². The monoisotopic (exact) mass is 305 g/mol. The van der Waals surface area contributed by atoms with E-state index in [1.807, 2.05) is 12.1 Å². The van der Waals surface area contributed by atoms with E-state index >= 15 is 0 Å². The molecule has 3 nitrogen and oxygen atoms in total. The van der Waals surface area contributed by atoms with E-state index in [1.165, 1.54) is 0 Å². The molecule has 0 fully saturated rings. The first-order valence-corrected chi connectivity index (χ1v) is 5.56. The van der Waals surface area contributed by atoms with Crippen molar-refractivity contribution >= 4 is 22.6 Å². The highest BCUT2D eigenvalue weighted by Gasteiger charge is 2.20. The fraction of sp³-hybridized carbons (Fsp3) is 0.400. The minimum Gasteiger partial charge on any atom is -0.496 e. The number of nitrogens with two attached hydrogens (primary N) is 1. The quantitative estimate of drug-likeness (QED) is 0.808. The summed E-state index contributed by atoms with van der Waals surface area (Å²) in [6, 6.07) is 4.05. The Bertz CT molecular complexity index is 354. The molecule has 0 aromatic heterocycles. The molecule has 1 aromatic rings. The van der Waals surface area contributed by atoms with Crippen LogP contribution in [0.4, 0.5) is 0 Å². The number of rotatable bonds is 1. The van der Waals surface area contributed by atoms with Gasteiger partial charge >= 0.3 is 0 Å². The topological polar surface area (TPSA) is 44.5 Å². The van der Waals surface area contributed by atoms with Crippen molar-refractivity contribution < 1.29 is 9.47 Å². The van der Waals surface area contributed by atoms with Crippen molar-refractivity contribution in [2.24, 2.45) is 5.73 Å². The minimum absolute atomic E-state index is 0.0955. The smallest absolute Gasteiger partial charge is 0.135 e. The van der Waals surface area contributed by atoms with Gasteiger partial charge < -0.3 is 15.2 Å². The first-order chi connectivity index (χ1) is 6.72. The van der Waals surface area contributed by atoms with Crippen molar-refractivity contribution in [2.45, 2.75) is 12.5 Å². The first-order valence-electron chi connectivity index (χ1n) is 4.48. The normalized spacial score (nSPS) is 19.8. The van der Waals surface area contributed by atoms with Crippen LogP contribution in [0.25, 0.3) is 0 Å². The van der Waals surface area contributed by atoms with Crippen molar-refractivity contribution in [3.05, 3.63) is 21.3 Å². The molecule has 2 N–H and O–H groups in total. The van der Waals surface area contributed by atoms with Gasteiger partial charge in [-0.1, -0.05) is 0 Å². The van der Waals surface area contributed by atoms with Gasteiger partial charge in [-0.25, -0.2) is 0 Å². The summed E-state index contributed by atoms with van der Waals surface area (Å²) >= 11 is 2.24. The third-order valence-corrected chi connectivity index (χ3v) is 3.21. The molecule has 1 aromatic carbocycles. The van der Waals surface area contributed by atoms with E-state index in [1.54, 1.807) is 7.11 Å². The SMILES string of the molecule is COc1cc2c(cc1I)C(N)CCO2. The molecule has 0 spiro atoms. The van der Waals surface area contributed by atoms with Crippen LogP contribution >= 0.6 is 22.6 Å². The second-order valence-corrected chi connectivity index (χ2v) is 4.43. The summed E-state index contributed by atoms with van der Waals surface area (Å²) in [4.78, 5) is 0. The summed E-state index contributed by atoms with van der Waals surface area (Å²) in [7, 11) is 1.66. The van der Waals surface area contributed by atoms with Crippen LogP contribution in [0.5, 0.6) is 11.5 Å². The maximum Gasteiger partial charge on any atom is 0.135 e. The zero-order valence-corrected chi connectivity index (χ0v) is 10.1. The number of hydrogen-bond acceptors (Lipinski definition) is 3. The van der Waals surface area contributed by atoms with Crippen molar-refractivity contribution in [2.75, 3.05) is 13.7 Å². The number of methoxy groups -OCH3 is 1. The van der Waals surface area contributed by atoms with Crippen molar-refractivity contribution in [1.29, 1.82) is 0 Å². The van der Waals surface area contributed by atoms with E-state index in [9.17, 15) is 0 Å². The molecule has 2 rings (SSSR count). The zero-order chi connectivity index (χ0) is 10.1. The van der Waals surface area contributed by atoms with E-state index in [4.69, 9.17) is 15.2 Å². The highest BCUT2D eigenvalue weighted by Crippen LogP contribution is 2.36. The van der Waals surface area contributed by atoms with Crippen LogP contribution in [0.2, 0.25) is 0 Å². The fourth-order valence-electron chi connectivity index (χ4n) is 1.57. The van der Waals surface area contributed by atoms with Gasteiger partial charge in [-0.2, -0.15) is 0 Å². The Labute approximate surface area is 96.7 Å². The van der Waals surface area contributed by atoms with E-state index in [0.717, 1.165) is 27.1 Å². The third kappa shape index (κ3) is 1.68. The lowest BCUT2D eigenvalue weighted by molar-refractivity contribution is 0.267. The van der Waals surface area contributed by atoms with Gasteiger partial charge in [-0.3, -0.25) is 0 Å². The van der Waals surface area contributed by atoms with Gasteiger partial charge in [0.05, 0.1) is 17.3 Å². The summed E-state index contributed by atoms with van der Waals surface area (Å²) < 4.78 is 11.8. The molecular formula is C10H12INO2. The van der Waals surface area contributed by atoms with Crippen molar-refractivity contribution in [1.82, 2.24) is 0 Å². The molecule has 0 saturated carbocycles. The van der Waals surface area contributed by atoms with Gasteiger partial charge in [0.1, 0.15) is 11.5 Å². The average molecular weight is 305 g/mol. The molecular weight excluding hydrogens is 293 g/mol. The van der Waals surface area contributed by atoms with E-state index < -0.39 is 0 Å². The van der Waals surface area contributed by atoms with E-state index in [0.29, 0.717) is 6.61 Å². The largest absolute Gasteiger partial charge is 0.496 e. The van der Waals surface area contributed by atoms with Gasteiger partial charge in [0.25, 0.3) is 0 Å². The maximum absolute atomic E-state index is 5.98. The Morgan fingerprint density at radius 1 is 1.57 bits per heavy atom. The lowest BCUT2D eigenvalue weighted by Crippen LogP contribution is -2.20. The molecule has 1 aliphatic heterocycles. The van der Waals surface area contributed by atoms with Gasteiger partial charge in [0.2, 0.25) is 0 Å². The number of fused-ring (bicyclic) bond motifs is 1. The van der Waals surface area contributed by atoms with Crippen LogP contribution in [0, 0.1) is 3.57 Å². The second kappa shape index (κ2) is 3.94. The fourth-order valence-corrected chi connectivity index (χ4v) is 2.28. The van der Waals surface area contributed by atoms with Crippen LogP contribution in [0.3, 0.4) is 0 Å². The van der Waals surface area contributed by atoms with Crippen LogP contribution in [0.15, 0.2) is 12.1 Å². The minimum atomic E-state index is 0.0955. The molecule has 0 amide bonds. The zero-order valence-electron chi connectivity index (χ0n) is 7.92. The first kappa shape index (κ1) is 10.0. The number of hydrogen-bond donors (Lipinski definition) is 1. The van der Waals surface area contributed by atoms with Gasteiger partial charge in [0.15, 0.2) is 0 Å². The molecule has 14 heavy (non-hydrogen) atoms. The molecule has 4 heteroatoms. The van der Waals surface area contributed by atoms with E-state index in [-0.39, 0.29) is 6.04 Å². The lowest BCUT2D eigenvalue weighted by Gasteiger charge is -2.23. The van der Waals surface area contributed by atoms with Crippen molar-refractivity contribution in [3.63, 3.8) is 0 Å². The Hall–Kier alpha value is -0.490. The second-order valence-electron chi connectivity index (χ2n) is 3.27. The van der Waals surface area contributed by atoms with Gasteiger partial charge in [-0.15, -0.1) is 0 Å². The Kier molecular flexibility index (Phi) is 2.83. The summed E-state index contributed by atoms with van der Waals surface area (Å²) in [6.45, 7) is 0.692. The Morgan fingerprint density at radius 2 is 2.36 bits per heavy atom. The highest BCUT2D eigenvalue weighted by atomic mass is 127. The third-order valence-electron chi connectivity index (χ3n) is 2.37. The van der Waals surface area contributed by atoms with E-state index in [2.05, 4.69) is 22.6 Å². The summed E-state index contributed by atoms with van der Waals surface area (Å²) in [5.74, 6) is 1.71. The highest BCUT2D eigenvalue weighted by molar-refractivity contribution is 14.1. The molecule has 1 atom stereocenters. The standard InChI is InChI=1S/C10H12INO2/c1-13-10-5-9-6(4-7(10)11)8(12)2-3-14-9/h4-5,8H,2-3,12H2,1H3. The Balaban J connectivity index is 2.48. The molecule has 0 saturated heterocycles. The molecule has 76 valence electrons. The summed E-state index contributed by atoms with van der Waals surface area (Å²) in [5, 5.41) is 0. The molecule has 1 unspecified atom stereocenters. The molecule has 1 aliphatic rings. The predicted molar refractivity (Wildman–Crippen MR) is 62.8 cm³/mol. The molecule has 0 bridgehead atoms. The predicted octanol–water partition coefficient (Wildman–Crippen LogP) is 2.08. The molecule has 1 heterocycles. The average Bonchev–Trinajstić information content (AvgIpc) is 2.19. The molecule has 0 aliphatic carbocycles. The van der Waals surface area contributed by atoms with Crippen LogP contribution in [0.1, 0.15) is 18.0 Å². The summed E-state index contributed by atoms with van der Waals surface area (Å²) in [5.41, 5.74) is 7.07. The summed E-state index contributed by atoms with van der Waals surface area (Å²) in [6.07, 6.45) is 0.884. The van der Waals surface area contributed by atoms with Crippen LogP contribution < -0.4 is 15.2 Å². The molecule has 0 radical (unpaired) electrons. The Morgan fingerprint density at radius 3 is 3.07 bits per heavy atom. The van der Waals surface area contributed by atoms with Crippen LogP contribution in [-0.4, -0.2) is 13.7 Å². The maximum atomic E-state index is 5.98. The lowest BCUT2D eigenvalue weighted by atomic mass is 10.0.